The van der Waals surface area contributed by atoms with Crippen molar-refractivity contribution in [1.29, 1.82) is 0 Å². The molecule has 0 spiro atoms. The first-order valence-electron chi connectivity index (χ1n) is 8.30. The Labute approximate surface area is 152 Å². The van der Waals surface area contributed by atoms with E-state index in [9.17, 15) is 9.18 Å². The second-order valence-corrected chi connectivity index (χ2v) is 5.76. The molecule has 5 nitrogen and oxygen atoms in total. The number of carbonyl (C=O) groups excluding carboxylic acids is 1. The molecular formula is C20H23FO5. The van der Waals surface area contributed by atoms with Crippen LogP contribution in [0.5, 0.6) is 11.5 Å². The van der Waals surface area contributed by atoms with Crippen molar-refractivity contribution in [3.8, 4) is 11.5 Å². The summed E-state index contributed by atoms with van der Waals surface area (Å²) in [5.74, 6) is 0.388. The normalized spacial score (nSPS) is 12.9. The summed E-state index contributed by atoms with van der Waals surface area (Å²) < 4.78 is 33.9. The van der Waals surface area contributed by atoms with Crippen LogP contribution in [0.4, 0.5) is 4.39 Å². The Morgan fingerprint density at radius 1 is 1.08 bits per heavy atom. The fraction of sp³-hybridized carbons (Fsp3) is 0.350. The molecule has 2 aromatic rings. The van der Waals surface area contributed by atoms with E-state index in [1.807, 2.05) is 30.3 Å². The van der Waals surface area contributed by atoms with Crippen LogP contribution in [0.15, 0.2) is 48.5 Å². The molecular weight excluding hydrogens is 339 g/mol. The van der Waals surface area contributed by atoms with Gasteiger partial charge in [-0.15, -0.1) is 0 Å². The average Bonchev–Trinajstić information content (AvgIpc) is 2.64. The standard InChI is InChI=1S/C20H23FO5/c1-14(12-24-15(2)21)26-19-10-17(20(22)23-3)9-18(11-19)25-13-16-7-5-4-6-8-16/h4-11,14-15H,12-13H2,1-3H3/t14-,15?/m0/s1. The molecule has 0 aliphatic heterocycles. The van der Waals surface area contributed by atoms with Crippen molar-refractivity contribution in [1.82, 2.24) is 0 Å². The summed E-state index contributed by atoms with van der Waals surface area (Å²) in [5, 5.41) is 0. The van der Waals surface area contributed by atoms with E-state index in [2.05, 4.69) is 0 Å². The summed E-state index contributed by atoms with van der Waals surface area (Å²) in [6.45, 7) is 3.49. The van der Waals surface area contributed by atoms with Gasteiger partial charge in [0.05, 0.1) is 19.3 Å². The minimum absolute atomic E-state index is 0.0837. The maximum atomic E-state index is 12.8. The number of hydrogen-bond acceptors (Lipinski definition) is 5. The van der Waals surface area contributed by atoms with E-state index in [1.54, 1.807) is 25.1 Å². The summed E-state index contributed by atoms with van der Waals surface area (Å²) in [4.78, 5) is 11.9. The van der Waals surface area contributed by atoms with Crippen LogP contribution < -0.4 is 9.47 Å². The van der Waals surface area contributed by atoms with E-state index in [4.69, 9.17) is 18.9 Å². The lowest BCUT2D eigenvalue weighted by molar-refractivity contribution is -0.0524. The second-order valence-electron chi connectivity index (χ2n) is 5.76. The van der Waals surface area contributed by atoms with E-state index in [1.165, 1.54) is 14.0 Å². The lowest BCUT2D eigenvalue weighted by Crippen LogP contribution is -2.21. The van der Waals surface area contributed by atoms with Gasteiger partial charge in [-0.05, 0) is 31.5 Å². The third kappa shape index (κ3) is 6.37. The quantitative estimate of drug-likeness (QED) is 0.627. The molecule has 0 bridgehead atoms. The Morgan fingerprint density at radius 3 is 2.42 bits per heavy atom. The van der Waals surface area contributed by atoms with Gasteiger partial charge in [0.2, 0.25) is 0 Å². The summed E-state index contributed by atoms with van der Waals surface area (Å²) in [6.07, 6.45) is -1.77. The zero-order chi connectivity index (χ0) is 18.9. The Bertz CT molecular complexity index is 703. The van der Waals surface area contributed by atoms with Crippen LogP contribution in [0.2, 0.25) is 0 Å². The monoisotopic (exact) mass is 362 g/mol. The highest BCUT2D eigenvalue weighted by molar-refractivity contribution is 5.90. The van der Waals surface area contributed by atoms with E-state index >= 15 is 0 Å². The van der Waals surface area contributed by atoms with Crippen molar-refractivity contribution in [2.75, 3.05) is 13.7 Å². The number of esters is 1. The van der Waals surface area contributed by atoms with Gasteiger partial charge in [-0.1, -0.05) is 30.3 Å². The van der Waals surface area contributed by atoms with Gasteiger partial charge in [-0.25, -0.2) is 9.18 Å². The molecule has 0 aromatic heterocycles. The van der Waals surface area contributed by atoms with Crippen LogP contribution in [-0.4, -0.2) is 32.1 Å². The largest absolute Gasteiger partial charge is 0.489 e. The highest BCUT2D eigenvalue weighted by Gasteiger charge is 2.13. The smallest absolute Gasteiger partial charge is 0.338 e. The number of alkyl halides is 1. The van der Waals surface area contributed by atoms with Crippen LogP contribution in [0, 0.1) is 0 Å². The van der Waals surface area contributed by atoms with Crippen LogP contribution in [0.1, 0.15) is 29.8 Å². The molecule has 2 rings (SSSR count). The molecule has 0 aliphatic rings. The highest BCUT2D eigenvalue weighted by Crippen LogP contribution is 2.25. The second kappa shape index (κ2) is 9.77. The van der Waals surface area contributed by atoms with Crippen molar-refractivity contribution in [2.45, 2.75) is 32.9 Å². The molecule has 6 heteroatoms. The van der Waals surface area contributed by atoms with E-state index in [0.717, 1.165) is 5.56 Å². The third-order valence-electron chi connectivity index (χ3n) is 3.45. The number of methoxy groups -OCH3 is 1. The highest BCUT2D eigenvalue weighted by atomic mass is 19.1. The Hall–Kier alpha value is -2.60. The predicted octanol–water partition coefficient (Wildman–Crippen LogP) is 4.15. The number of hydrogen-bond donors (Lipinski definition) is 0. The molecule has 0 saturated carbocycles. The predicted molar refractivity (Wildman–Crippen MR) is 95.2 cm³/mol. The zero-order valence-electron chi connectivity index (χ0n) is 15.1. The lowest BCUT2D eigenvalue weighted by atomic mass is 10.2. The molecule has 2 aromatic carbocycles. The minimum Gasteiger partial charge on any atom is -0.489 e. The molecule has 0 heterocycles. The third-order valence-corrected chi connectivity index (χ3v) is 3.45. The SMILES string of the molecule is COC(=O)c1cc(OCc2ccccc2)cc(O[C@@H](C)COC(C)F)c1. The van der Waals surface area contributed by atoms with Crippen molar-refractivity contribution in [3.63, 3.8) is 0 Å². The summed E-state index contributed by atoms with van der Waals surface area (Å²) in [7, 11) is 1.31. The van der Waals surface area contributed by atoms with Gasteiger partial charge < -0.3 is 18.9 Å². The van der Waals surface area contributed by atoms with Crippen LogP contribution in [0.3, 0.4) is 0 Å². The molecule has 0 amide bonds. The first-order valence-corrected chi connectivity index (χ1v) is 8.30. The number of ether oxygens (including phenoxy) is 4. The number of halogens is 1. The number of rotatable bonds is 9. The first kappa shape index (κ1) is 19.7. The zero-order valence-corrected chi connectivity index (χ0v) is 15.1. The average molecular weight is 362 g/mol. The van der Waals surface area contributed by atoms with E-state index < -0.39 is 18.4 Å². The molecule has 140 valence electrons. The molecule has 0 saturated heterocycles. The molecule has 26 heavy (non-hydrogen) atoms. The van der Waals surface area contributed by atoms with Gasteiger partial charge in [0.1, 0.15) is 24.2 Å². The fourth-order valence-electron chi connectivity index (χ4n) is 2.23. The van der Waals surface area contributed by atoms with Crippen molar-refractivity contribution in [2.24, 2.45) is 0 Å². The van der Waals surface area contributed by atoms with Crippen molar-refractivity contribution >= 4 is 5.97 Å². The molecule has 0 radical (unpaired) electrons. The maximum Gasteiger partial charge on any atom is 0.338 e. The summed E-state index contributed by atoms with van der Waals surface area (Å²) >= 11 is 0. The number of carbonyl (C=O) groups is 1. The van der Waals surface area contributed by atoms with Gasteiger partial charge in [-0.3, -0.25) is 0 Å². The molecule has 1 unspecified atom stereocenters. The number of benzene rings is 2. The molecule has 2 atom stereocenters. The summed E-state index contributed by atoms with van der Waals surface area (Å²) in [6, 6.07) is 14.5. The Morgan fingerprint density at radius 2 is 1.77 bits per heavy atom. The van der Waals surface area contributed by atoms with Crippen molar-refractivity contribution in [3.05, 3.63) is 59.7 Å². The fourth-order valence-corrected chi connectivity index (χ4v) is 2.23. The first-order chi connectivity index (χ1) is 12.5. The van der Waals surface area contributed by atoms with Crippen LogP contribution >= 0.6 is 0 Å². The molecule has 0 aliphatic carbocycles. The van der Waals surface area contributed by atoms with Crippen molar-refractivity contribution < 1.29 is 28.1 Å². The molecule has 0 fully saturated rings. The van der Waals surface area contributed by atoms with E-state index in [0.29, 0.717) is 23.7 Å². The van der Waals surface area contributed by atoms with Crippen LogP contribution in [0.25, 0.3) is 0 Å². The Kier molecular flexibility index (Phi) is 7.41. The van der Waals surface area contributed by atoms with Gasteiger partial charge in [0, 0.05) is 6.07 Å². The van der Waals surface area contributed by atoms with Gasteiger partial charge in [0.25, 0.3) is 0 Å². The topological polar surface area (TPSA) is 54.0 Å². The summed E-state index contributed by atoms with van der Waals surface area (Å²) in [5.41, 5.74) is 1.30. The Balaban J connectivity index is 2.12. The molecule has 0 N–H and O–H groups in total. The lowest BCUT2D eigenvalue weighted by Gasteiger charge is -2.17. The maximum absolute atomic E-state index is 12.8. The van der Waals surface area contributed by atoms with E-state index in [-0.39, 0.29) is 6.61 Å². The van der Waals surface area contributed by atoms with Gasteiger partial charge in [-0.2, -0.15) is 0 Å². The van der Waals surface area contributed by atoms with Gasteiger partial charge in [0.15, 0.2) is 6.36 Å². The van der Waals surface area contributed by atoms with Gasteiger partial charge >= 0.3 is 5.97 Å². The minimum atomic E-state index is -1.37. The van der Waals surface area contributed by atoms with Crippen LogP contribution in [-0.2, 0) is 16.1 Å².